The Morgan fingerprint density at radius 1 is 1.00 bits per heavy atom. The predicted octanol–water partition coefficient (Wildman–Crippen LogP) is 4.38. The average molecular weight is 389 g/mol. The minimum absolute atomic E-state index is 0.153. The number of nitrogens with one attached hydrogen (secondary N) is 2. The van der Waals surface area contributed by atoms with E-state index in [2.05, 4.69) is 15.6 Å². The fourth-order valence-corrected chi connectivity index (χ4v) is 2.70. The van der Waals surface area contributed by atoms with Crippen LogP contribution in [0.25, 0.3) is 0 Å². The van der Waals surface area contributed by atoms with Crippen molar-refractivity contribution in [3.63, 3.8) is 0 Å². The van der Waals surface area contributed by atoms with Gasteiger partial charge in [-0.1, -0.05) is 18.2 Å². The van der Waals surface area contributed by atoms with E-state index < -0.39 is 0 Å². The molecule has 6 heteroatoms. The maximum absolute atomic E-state index is 12.3. The molecule has 2 amide bonds. The summed E-state index contributed by atoms with van der Waals surface area (Å²) in [6.07, 6.45) is 1.68. The first-order valence-electron chi connectivity index (χ1n) is 9.26. The smallest absolute Gasteiger partial charge is 0.251 e. The van der Waals surface area contributed by atoms with Gasteiger partial charge in [-0.05, 0) is 60.9 Å². The standard InChI is InChI=1S/C23H23N3O3/c1-15-4-5-16(2)21(12-15)29-22-11-6-18(13-24-22)14-25-23(28)19-7-9-20(10-8-19)26-17(3)27/h4-13H,14H2,1-3H3,(H,25,28)(H,26,27). The van der Waals surface area contributed by atoms with Gasteiger partial charge in [-0.3, -0.25) is 9.59 Å². The lowest BCUT2D eigenvalue weighted by atomic mass is 10.1. The van der Waals surface area contributed by atoms with Crippen LogP contribution >= 0.6 is 0 Å². The summed E-state index contributed by atoms with van der Waals surface area (Å²) in [5.74, 6) is 0.929. The summed E-state index contributed by atoms with van der Waals surface area (Å²) in [6.45, 7) is 5.79. The molecule has 3 rings (SSSR count). The van der Waals surface area contributed by atoms with Crippen molar-refractivity contribution < 1.29 is 14.3 Å². The topological polar surface area (TPSA) is 80.3 Å². The lowest BCUT2D eigenvalue weighted by molar-refractivity contribution is -0.114. The SMILES string of the molecule is CC(=O)Nc1ccc(C(=O)NCc2ccc(Oc3cc(C)ccc3C)nc2)cc1. The quantitative estimate of drug-likeness (QED) is 0.656. The first kappa shape index (κ1) is 20.1. The van der Waals surface area contributed by atoms with Crippen LogP contribution in [0.1, 0.15) is 34.0 Å². The summed E-state index contributed by atoms with van der Waals surface area (Å²) in [6, 6.07) is 16.4. The highest BCUT2D eigenvalue weighted by molar-refractivity contribution is 5.95. The van der Waals surface area contributed by atoms with Crippen LogP contribution in [0.5, 0.6) is 11.6 Å². The van der Waals surface area contributed by atoms with Gasteiger partial charge in [0.1, 0.15) is 5.75 Å². The first-order valence-corrected chi connectivity index (χ1v) is 9.26. The molecule has 0 saturated carbocycles. The summed E-state index contributed by atoms with van der Waals surface area (Å²) in [5.41, 5.74) is 4.19. The van der Waals surface area contributed by atoms with E-state index in [0.717, 1.165) is 22.4 Å². The zero-order valence-electron chi connectivity index (χ0n) is 16.7. The Morgan fingerprint density at radius 2 is 1.76 bits per heavy atom. The number of aryl methyl sites for hydroxylation is 2. The molecule has 2 aromatic carbocycles. The minimum Gasteiger partial charge on any atom is -0.439 e. The van der Waals surface area contributed by atoms with Crippen LogP contribution in [0.3, 0.4) is 0 Å². The van der Waals surface area contributed by atoms with Crippen LogP contribution in [0.2, 0.25) is 0 Å². The molecule has 0 aliphatic rings. The maximum atomic E-state index is 12.3. The number of hydrogen-bond acceptors (Lipinski definition) is 4. The molecule has 3 aromatic rings. The van der Waals surface area contributed by atoms with Crippen molar-refractivity contribution in [3.8, 4) is 11.6 Å². The van der Waals surface area contributed by atoms with E-state index in [1.165, 1.54) is 6.92 Å². The van der Waals surface area contributed by atoms with Crippen LogP contribution in [-0.2, 0) is 11.3 Å². The highest BCUT2D eigenvalue weighted by atomic mass is 16.5. The highest BCUT2D eigenvalue weighted by Gasteiger charge is 2.07. The van der Waals surface area contributed by atoms with E-state index in [-0.39, 0.29) is 11.8 Å². The van der Waals surface area contributed by atoms with Gasteiger partial charge in [-0.2, -0.15) is 0 Å². The highest BCUT2D eigenvalue weighted by Crippen LogP contribution is 2.24. The Labute approximate surface area is 169 Å². The summed E-state index contributed by atoms with van der Waals surface area (Å²) >= 11 is 0. The van der Waals surface area contributed by atoms with Crippen molar-refractivity contribution in [1.82, 2.24) is 10.3 Å². The Balaban J connectivity index is 1.56. The molecule has 2 N–H and O–H groups in total. The number of aromatic nitrogens is 1. The molecule has 29 heavy (non-hydrogen) atoms. The van der Waals surface area contributed by atoms with Gasteiger partial charge in [0.15, 0.2) is 0 Å². The molecule has 0 spiro atoms. The van der Waals surface area contributed by atoms with Crippen molar-refractivity contribution >= 4 is 17.5 Å². The van der Waals surface area contributed by atoms with E-state index in [1.807, 2.05) is 38.1 Å². The monoisotopic (exact) mass is 389 g/mol. The molecule has 148 valence electrons. The van der Waals surface area contributed by atoms with Gasteiger partial charge in [0, 0.05) is 37.0 Å². The molecular formula is C23H23N3O3. The summed E-state index contributed by atoms with van der Waals surface area (Å²) in [4.78, 5) is 27.7. The maximum Gasteiger partial charge on any atom is 0.251 e. The normalized spacial score (nSPS) is 10.3. The van der Waals surface area contributed by atoms with Crippen molar-refractivity contribution in [1.29, 1.82) is 0 Å². The third kappa shape index (κ3) is 5.65. The Kier molecular flexibility index (Phi) is 6.24. The lowest BCUT2D eigenvalue weighted by Gasteiger charge is -2.10. The number of rotatable bonds is 6. The largest absolute Gasteiger partial charge is 0.439 e. The van der Waals surface area contributed by atoms with Crippen LogP contribution in [0, 0.1) is 13.8 Å². The molecule has 1 heterocycles. The number of hydrogen-bond donors (Lipinski definition) is 2. The number of nitrogens with zero attached hydrogens (tertiary/aromatic N) is 1. The van der Waals surface area contributed by atoms with Gasteiger partial charge < -0.3 is 15.4 Å². The van der Waals surface area contributed by atoms with E-state index in [9.17, 15) is 9.59 Å². The molecule has 1 aromatic heterocycles. The number of anilines is 1. The average Bonchev–Trinajstić information content (AvgIpc) is 2.70. The zero-order chi connectivity index (χ0) is 20.8. The van der Waals surface area contributed by atoms with Crippen molar-refractivity contribution in [2.45, 2.75) is 27.3 Å². The Morgan fingerprint density at radius 3 is 2.41 bits per heavy atom. The third-order valence-corrected chi connectivity index (χ3v) is 4.28. The van der Waals surface area contributed by atoms with Gasteiger partial charge in [-0.25, -0.2) is 4.98 Å². The molecule has 0 aliphatic heterocycles. The van der Waals surface area contributed by atoms with Crippen molar-refractivity contribution in [2.24, 2.45) is 0 Å². The Bertz CT molecular complexity index is 1010. The number of benzene rings is 2. The Hall–Kier alpha value is -3.67. The second-order valence-electron chi connectivity index (χ2n) is 6.82. The van der Waals surface area contributed by atoms with E-state index in [4.69, 9.17) is 4.74 Å². The van der Waals surface area contributed by atoms with Gasteiger partial charge in [0.25, 0.3) is 5.91 Å². The summed E-state index contributed by atoms with van der Waals surface area (Å²) < 4.78 is 5.85. The van der Waals surface area contributed by atoms with E-state index in [0.29, 0.717) is 23.7 Å². The first-order chi connectivity index (χ1) is 13.9. The molecule has 0 atom stereocenters. The fourth-order valence-electron chi connectivity index (χ4n) is 2.70. The predicted molar refractivity (Wildman–Crippen MR) is 112 cm³/mol. The van der Waals surface area contributed by atoms with Gasteiger partial charge in [-0.15, -0.1) is 0 Å². The van der Waals surface area contributed by atoms with E-state index >= 15 is 0 Å². The van der Waals surface area contributed by atoms with Crippen LogP contribution in [0.15, 0.2) is 60.8 Å². The number of carbonyl (C=O) groups is 2. The van der Waals surface area contributed by atoms with Crippen molar-refractivity contribution in [2.75, 3.05) is 5.32 Å². The molecule has 0 saturated heterocycles. The third-order valence-electron chi connectivity index (χ3n) is 4.28. The summed E-state index contributed by atoms with van der Waals surface area (Å²) in [5, 5.41) is 5.52. The second-order valence-corrected chi connectivity index (χ2v) is 6.82. The summed E-state index contributed by atoms with van der Waals surface area (Å²) in [7, 11) is 0. The number of amides is 2. The molecule has 6 nitrogen and oxygen atoms in total. The zero-order valence-corrected chi connectivity index (χ0v) is 16.7. The van der Waals surface area contributed by atoms with Gasteiger partial charge in [0.2, 0.25) is 11.8 Å². The minimum atomic E-state index is -0.199. The number of pyridine rings is 1. The molecule has 0 fully saturated rings. The molecule has 0 bridgehead atoms. The molecule has 0 aliphatic carbocycles. The van der Waals surface area contributed by atoms with E-state index in [1.54, 1.807) is 36.5 Å². The molecule has 0 radical (unpaired) electrons. The fraction of sp³-hybridized carbons (Fsp3) is 0.174. The number of carbonyl (C=O) groups excluding carboxylic acids is 2. The van der Waals surface area contributed by atoms with Crippen molar-refractivity contribution in [3.05, 3.63) is 83.0 Å². The van der Waals surface area contributed by atoms with Crippen LogP contribution in [0.4, 0.5) is 5.69 Å². The lowest BCUT2D eigenvalue weighted by Crippen LogP contribution is -2.22. The van der Waals surface area contributed by atoms with Gasteiger partial charge >= 0.3 is 0 Å². The number of ether oxygens (including phenoxy) is 1. The second kappa shape index (κ2) is 9.01. The van der Waals surface area contributed by atoms with Gasteiger partial charge in [0.05, 0.1) is 0 Å². The van der Waals surface area contributed by atoms with Crippen LogP contribution in [-0.4, -0.2) is 16.8 Å². The molecule has 0 unspecified atom stereocenters. The molecular weight excluding hydrogens is 366 g/mol. The van der Waals surface area contributed by atoms with Crippen LogP contribution < -0.4 is 15.4 Å².